The quantitative estimate of drug-likeness (QED) is 0.594. The number of aromatic nitrogens is 2. The monoisotopic (exact) mass is 352 g/mol. The molecule has 102 valence electrons. The van der Waals surface area contributed by atoms with Crippen molar-refractivity contribution in [2.75, 3.05) is 0 Å². The van der Waals surface area contributed by atoms with Crippen molar-refractivity contribution in [2.45, 2.75) is 12.8 Å². The third kappa shape index (κ3) is 2.23. The van der Waals surface area contributed by atoms with E-state index < -0.39 is 0 Å². The molecule has 0 aliphatic heterocycles. The largest absolute Gasteiger partial charge is 0.295 e. The van der Waals surface area contributed by atoms with Gasteiger partial charge in [0.2, 0.25) is 0 Å². The van der Waals surface area contributed by atoms with E-state index in [-0.39, 0.29) is 11.7 Å². The zero-order valence-corrected chi connectivity index (χ0v) is 13.0. The first-order chi connectivity index (χ1) is 9.60. The van der Waals surface area contributed by atoms with E-state index in [1.165, 1.54) is 6.07 Å². The molecule has 5 heteroatoms. The number of fused-ring (bicyclic) bond motifs is 1. The highest BCUT2D eigenvalue weighted by Gasteiger charge is 2.13. The fourth-order valence-corrected chi connectivity index (χ4v) is 2.67. The summed E-state index contributed by atoms with van der Waals surface area (Å²) >= 11 is 9.14. The van der Waals surface area contributed by atoms with Crippen LogP contribution in [0.2, 0.25) is 0 Å². The lowest BCUT2D eigenvalue weighted by molar-refractivity contribution is 0.620. The van der Waals surface area contributed by atoms with Crippen molar-refractivity contribution in [1.82, 2.24) is 9.55 Å². The summed E-state index contributed by atoms with van der Waals surface area (Å²) in [6.45, 7) is 2.01. The second-order valence-corrected chi connectivity index (χ2v) is 5.71. The fraction of sp³-hybridized carbons (Fsp3) is 0.133. The standard InChI is InChI=1S/C15H11BrClFN2/c1-9-2-5-14-13(6-9)19-15(8-17)20(14)10-3-4-11(16)12(18)7-10/h2-7H,8H2,1H3. The number of benzene rings is 2. The summed E-state index contributed by atoms with van der Waals surface area (Å²) in [6, 6.07) is 11.0. The Morgan fingerprint density at radius 3 is 2.75 bits per heavy atom. The van der Waals surface area contributed by atoms with E-state index in [0.29, 0.717) is 16.0 Å². The second-order valence-electron chi connectivity index (χ2n) is 4.59. The molecule has 1 heterocycles. The molecular weight excluding hydrogens is 343 g/mol. The number of imidazole rings is 1. The molecule has 0 bridgehead atoms. The summed E-state index contributed by atoms with van der Waals surface area (Å²) in [4.78, 5) is 4.52. The number of aryl methyl sites for hydroxylation is 1. The Labute approximate surface area is 129 Å². The average Bonchev–Trinajstić information content (AvgIpc) is 2.79. The Hall–Kier alpha value is -1.39. The van der Waals surface area contributed by atoms with Crippen molar-refractivity contribution in [3.05, 3.63) is 58.1 Å². The maximum Gasteiger partial charge on any atom is 0.139 e. The van der Waals surface area contributed by atoms with Crippen LogP contribution >= 0.6 is 27.5 Å². The SMILES string of the molecule is Cc1ccc2c(c1)nc(CCl)n2-c1ccc(Br)c(F)c1. The van der Waals surface area contributed by atoms with Gasteiger partial charge in [0.05, 0.1) is 27.1 Å². The number of hydrogen-bond donors (Lipinski definition) is 0. The van der Waals surface area contributed by atoms with Crippen LogP contribution in [-0.4, -0.2) is 9.55 Å². The molecule has 0 fully saturated rings. The molecule has 0 amide bonds. The highest BCUT2D eigenvalue weighted by atomic mass is 79.9. The van der Waals surface area contributed by atoms with Gasteiger partial charge in [0, 0.05) is 0 Å². The fourth-order valence-electron chi connectivity index (χ4n) is 2.24. The van der Waals surface area contributed by atoms with Gasteiger partial charge < -0.3 is 0 Å². The van der Waals surface area contributed by atoms with Crippen LogP contribution in [0.25, 0.3) is 16.7 Å². The van der Waals surface area contributed by atoms with Gasteiger partial charge in [-0.15, -0.1) is 11.6 Å². The molecule has 0 saturated carbocycles. The first kappa shape index (κ1) is 13.6. The second kappa shape index (κ2) is 5.19. The zero-order valence-electron chi connectivity index (χ0n) is 10.7. The Balaban J connectivity index is 2.30. The van der Waals surface area contributed by atoms with E-state index in [1.807, 2.05) is 35.8 Å². The minimum atomic E-state index is -0.308. The van der Waals surface area contributed by atoms with Gasteiger partial charge in [-0.25, -0.2) is 9.37 Å². The third-order valence-electron chi connectivity index (χ3n) is 3.16. The molecule has 3 rings (SSSR count). The molecular formula is C15H11BrClFN2. The van der Waals surface area contributed by atoms with E-state index in [2.05, 4.69) is 20.9 Å². The number of hydrogen-bond acceptors (Lipinski definition) is 1. The molecule has 20 heavy (non-hydrogen) atoms. The lowest BCUT2D eigenvalue weighted by Crippen LogP contribution is -2.00. The Bertz CT molecular complexity index is 798. The molecule has 0 spiro atoms. The summed E-state index contributed by atoms with van der Waals surface area (Å²) in [6.07, 6.45) is 0. The van der Waals surface area contributed by atoms with Gasteiger partial charge in [-0.1, -0.05) is 6.07 Å². The van der Waals surface area contributed by atoms with Crippen molar-refractivity contribution in [3.8, 4) is 5.69 Å². The number of halogens is 3. The molecule has 0 aliphatic carbocycles. The van der Waals surface area contributed by atoms with Gasteiger partial charge >= 0.3 is 0 Å². The minimum Gasteiger partial charge on any atom is -0.295 e. The summed E-state index contributed by atoms with van der Waals surface area (Å²) in [5.74, 6) is 0.664. The van der Waals surface area contributed by atoms with Gasteiger partial charge in [-0.2, -0.15) is 0 Å². The van der Waals surface area contributed by atoms with Crippen LogP contribution in [0.15, 0.2) is 40.9 Å². The molecule has 3 aromatic rings. The molecule has 0 aliphatic rings. The number of alkyl halides is 1. The maximum absolute atomic E-state index is 13.8. The summed E-state index contributed by atoms with van der Waals surface area (Å²) in [7, 11) is 0. The topological polar surface area (TPSA) is 17.8 Å². The smallest absolute Gasteiger partial charge is 0.139 e. The van der Waals surface area contributed by atoms with Crippen LogP contribution in [0.4, 0.5) is 4.39 Å². The minimum absolute atomic E-state index is 0.269. The zero-order chi connectivity index (χ0) is 14.3. The van der Waals surface area contributed by atoms with Gasteiger partial charge in [0.25, 0.3) is 0 Å². The van der Waals surface area contributed by atoms with Crippen LogP contribution in [0.3, 0.4) is 0 Å². The van der Waals surface area contributed by atoms with Crippen LogP contribution in [-0.2, 0) is 5.88 Å². The lowest BCUT2D eigenvalue weighted by Gasteiger charge is -2.08. The molecule has 0 unspecified atom stereocenters. The van der Waals surface area contributed by atoms with E-state index in [4.69, 9.17) is 11.6 Å². The Morgan fingerprint density at radius 1 is 1.25 bits per heavy atom. The predicted octanol–water partition coefficient (Wildman–Crippen LogP) is 4.97. The summed E-state index contributed by atoms with van der Waals surface area (Å²) in [5.41, 5.74) is 3.63. The van der Waals surface area contributed by atoms with E-state index in [9.17, 15) is 4.39 Å². The van der Waals surface area contributed by atoms with E-state index in [0.717, 1.165) is 16.6 Å². The van der Waals surface area contributed by atoms with Crippen LogP contribution < -0.4 is 0 Å². The van der Waals surface area contributed by atoms with Crippen molar-refractivity contribution in [1.29, 1.82) is 0 Å². The number of nitrogens with zero attached hydrogens (tertiary/aromatic N) is 2. The highest BCUT2D eigenvalue weighted by molar-refractivity contribution is 9.10. The molecule has 1 aromatic heterocycles. The molecule has 0 N–H and O–H groups in total. The first-order valence-electron chi connectivity index (χ1n) is 6.09. The normalized spacial score (nSPS) is 11.2. The van der Waals surface area contributed by atoms with Crippen molar-refractivity contribution >= 4 is 38.6 Å². The van der Waals surface area contributed by atoms with E-state index >= 15 is 0 Å². The molecule has 0 saturated heterocycles. The van der Waals surface area contributed by atoms with Crippen LogP contribution in [0.5, 0.6) is 0 Å². The van der Waals surface area contributed by atoms with Gasteiger partial charge in [-0.3, -0.25) is 4.57 Å². The van der Waals surface area contributed by atoms with Crippen LogP contribution in [0, 0.1) is 12.7 Å². The Kier molecular flexibility index (Phi) is 3.52. The maximum atomic E-state index is 13.8. The van der Waals surface area contributed by atoms with Crippen molar-refractivity contribution in [3.63, 3.8) is 0 Å². The summed E-state index contributed by atoms with van der Waals surface area (Å²) in [5, 5.41) is 0. The average molecular weight is 354 g/mol. The van der Waals surface area contributed by atoms with Gasteiger partial charge in [0.1, 0.15) is 11.6 Å². The highest BCUT2D eigenvalue weighted by Crippen LogP contribution is 2.26. The van der Waals surface area contributed by atoms with Crippen LogP contribution in [0.1, 0.15) is 11.4 Å². The first-order valence-corrected chi connectivity index (χ1v) is 7.42. The summed E-state index contributed by atoms with van der Waals surface area (Å²) < 4.78 is 16.1. The third-order valence-corrected chi connectivity index (χ3v) is 4.04. The molecule has 0 radical (unpaired) electrons. The van der Waals surface area contributed by atoms with E-state index in [1.54, 1.807) is 6.07 Å². The molecule has 2 aromatic carbocycles. The predicted molar refractivity (Wildman–Crippen MR) is 83.0 cm³/mol. The van der Waals surface area contributed by atoms with Gasteiger partial charge in [-0.05, 0) is 58.7 Å². The van der Waals surface area contributed by atoms with Crippen molar-refractivity contribution in [2.24, 2.45) is 0 Å². The molecule has 0 atom stereocenters. The Morgan fingerprint density at radius 2 is 2.05 bits per heavy atom. The van der Waals surface area contributed by atoms with Gasteiger partial charge in [0.15, 0.2) is 0 Å². The van der Waals surface area contributed by atoms with Crippen molar-refractivity contribution < 1.29 is 4.39 Å². The molecule has 2 nitrogen and oxygen atoms in total. The number of rotatable bonds is 2. The lowest BCUT2D eigenvalue weighted by atomic mass is 10.2.